The highest BCUT2D eigenvalue weighted by Gasteiger charge is 2.25. The molecule has 80 valence electrons. The number of benzene rings is 2. The van der Waals surface area contributed by atoms with Crippen LogP contribution in [0.25, 0.3) is 10.8 Å². The molecule has 1 saturated heterocycles. The summed E-state index contributed by atoms with van der Waals surface area (Å²) < 4.78 is 5.21. The molecule has 0 aromatic heterocycles. The first kappa shape index (κ1) is 9.21. The van der Waals surface area contributed by atoms with Crippen molar-refractivity contribution in [2.75, 3.05) is 6.54 Å². The van der Waals surface area contributed by atoms with Gasteiger partial charge in [0.05, 0.1) is 6.54 Å². The monoisotopic (exact) mass is 213 g/mol. The van der Waals surface area contributed by atoms with E-state index in [1.165, 1.54) is 5.39 Å². The molecule has 1 fully saturated rings. The van der Waals surface area contributed by atoms with Gasteiger partial charge >= 0.3 is 6.09 Å². The summed E-state index contributed by atoms with van der Waals surface area (Å²) in [7, 11) is 0. The SMILES string of the molecule is O=C1NC[C@H](c2cccc3ccccc23)O1. The Bertz CT molecular complexity index is 545. The maximum absolute atomic E-state index is 11.0. The summed E-state index contributed by atoms with van der Waals surface area (Å²) in [6, 6.07) is 14.2. The van der Waals surface area contributed by atoms with Crippen LogP contribution in [0.3, 0.4) is 0 Å². The largest absolute Gasteiger partial charge is 0.439 e. The normalized spacial score (nSPS) is 19.5. The molecular formula is C13H11NO2. The van der Waals surface area contributed by atoms with E-state index in [9.17, 15) is 4.79 Å². The Labute approximate surface area is 93.0 Å². The van der Waals surface area contributed by atoms with Crippen molar-refractivity contribution in [2.45, 2.75) is 6.10 Å². The molecule has 3 rings (SSSR count). The first-order valence-electron chi connectivity index (χ1n) is 5.27. The van der Waals surface area contributed by atoms with E-state index >= 15 is 0 Å². The van der Waals surface area contributed by atoms with Gasteiger partial charge in [-0.15, -0.1) is 0 Å². The molecule has 0 spiro atoms. The predicted molar refractivity (Wildman–Crippen MR) is 61.2 cm³/mol. The van der Waals surface area contributed by atoms with Crippen molar-refractivity contribution in [3.63, 3.8) is 0 Å². The maximum atomic E-state index is 11.0. The molecule has 2 aromatic carbocycles. The van der Waals surface area contributed by atoms with Crippen LogP contribution in [0.1, 0.15) is 11.7 Å². The first-order chi connectivity index (χ1) is 7.84. The molecule has 0 unspecified atom stereocenters. The molecule has 0 aliphatic carbocycles. The van der Waals surface area contributed by atoms with Crippen LogP contribution in [0, 0.1) is 0 Å². The Morgan fingerprint density at radius 1 is 1.12 bits per heavy atom. The Kier molecular flexibility index (Phi) is 2.03. The minimum absolute atomic E-state index is 0.168. The lowest BCUT2D eigenvalue weighted by molar-refractivity contribution is 0.142. The van der Waals surface area contributed by atoms with E-state index in [4.69, 9.17) is 4.74 Å². The second kappa shape index (κ2) is 3.52. The van der Waals surface area contributed by atoms with Crippen molar-refractivity contribution < 1.29 is 9.53 Å². The van der Waals surface area contributed by atoms with Crippen molar-refractivity contribution in [3.05, 3.63) is 48.0 Å². The number of hydrogen-bond donors (Lipinski definition) is 1. The second-order valence-corrected chi connectivity index (χ2v) is 3.84. The third kappa shape index (κ3) is 1.41. The zero-order valence-electron chi connectivity index (χ0n) is 8.64. The molecule has 1 heterocycles. The molecule has 3 heteroatoms. The minimum atomic E-state index is -0.335. The third-order valence-electron chi connectivity index (χ3n) is 2.85. The molecule has 1 aliphatic rings. The number of alkyl carbamates (subject to hydrolysis) is 1. The number of hydrogen-bond acceptors (Lipinski definition) is 2. The standard InChI is InChI=1S/C13H11NO2/c15-13-14-8-12(16-13)11-7-3-5-9-4-1-2-6-10(9)11/h1-7,12H,8H2,(H,14,15)/t12-/m1/s1. The summed E-state index contributed by atoms with van der Waals surface area (Å²) in [5, 5.41) is 4.99. The van der Waals surface area contributed by atoms with Gasteiger partial charge in [-0.3, -0.25) is 0 Å². The zero-order chi connectivity index (χ0) is 11.0. The average molecular weight is 213 g/mol. The van der Waals surface area contributed by atoms with E-state index in [1.807, 2.05) is 24.3 Å². The summed E-state index contributed by atoms with van der Waals surface area (Å²) in [5.74, 6) is 0. The number of amides is 1. The van der Waals surface area contributed by atoms with Crippen molar-refractivity contribution in [1.29, 1.82) is 0 Å². The van der Waals surface area contributed by atoms with Gasteiger partial charge in [0.25, 0.3) is 0 Å². The number of carbonyl (C=O) groups is 1. The fraction of sp³-hybridized carbons (Fsp3) is 0.154. The van der Waals surface area contributed by atoms with Gasteiger partial charge in [0.1, 0.15) is 6.10 Å². The Balaban J connectivity index is 2.13. The lowest BCUT2D eigenvalue weighted by Crippen LogP contribution is -2.12. The van der Waals surface area contributed by atoms with Gasteiger partial charge in [-0.1, -0.05) is 42.5 Å². The summed E-state index contributed by atoms with van der Waals surface area (Å²) in [6.45, 7) is 0.548. The summed E-state index contributed by atoms with van der Waals surface area (Å²) in [6.07, 6.45) is -0.503. The fourth-order valence-corrected chi connectivity index (χ4v) is 2.09. The van der Waals surface area contributed by atoms with Gasteiger partial charge in [0, 0.05) is 5.56 Å². The number of rotatable bonds is 1. The molecule has 1 amide bonds. The van der Waals surface area contributed by atoms with Crippen molar-refractivity contribution in [3.8, 4) is 0 Å². The minimum Gasteiger partial charge on any atom is -0.439 e. The van der Waals surface area contributed by atoms with Crippen LogP contribution < -0.4 is 5.32 Å². The molecular weight excluding hydrogens is 202 g/mol. The number of cyclic esters (lactones) is 1. The van der Waals surface area contributed by atoms with Crippen LogP contribution in [0.5, 0.6) is 0 Å². The van der Waals surface area contributed by atoms with Crippen LogP contribution in [0.15, 0.2) is 42.5 Å². The predicted octanol–water partition coefficient (Wildman–Crippen LogP) is 2.62. The van der Waals surface area contributed by atoms with Gasteiger partial charge in [-0.05, 0) is 10.8 Å². The maximum Gasteiger partial charge on any atom is 0.407 e. The van der Waals surface area contributed by atoms with Gasteiger partial charge in [-0.25, -0.2) is 4.79 Å². The molecule has 0 bridgehead atoms. The number of ether oxygens (including phenoxy) is 1. The van der Waals surface area contributed by atoms with E-state index < -0.39 is 0 Å². The number of nitrogens with one attached hydrogen (secondary N) is 1. The topological polar surface area (TPSA) is 38.3 Å². The average Bonchev–Trinajstić information content (AvgIpc) is 2.75. The van der Waals surface area contributed by atoms with Crippen LogP contribution in [0.4, 0.5) is 4.79 Å². The van der Waals surface area contributed by atoms with Crippen molar-refractivity contribution >= 4 is 16.9 Å². The van der Waals surface area contributed by atoms with Crippen molar-refractivity contribution in [1.82, 2.24) is 5.32 Å². The molecule has 1 N–H and O–H groups in total. The third-order valence-corrected chi connectivity index (χ3v) is 2.85. The van der Waals surface area contributed by atoms with E-state index in [-0.39, 0.29) is 12.2 Å². The Hall–Kier alpha value is -2.03. The number of fused-ring (bicyclic) bond motifs is 1. The van der Waals surface area contributed by atoms with Crippen molar-refractivity contribution in [2.24, 2.45) is 0 Å². The van der Waals surface area contributed by atoms with E-state index in [0.717, 1.165) is 10.9 Å². The van der Waals surface area contributed by atoms with Crippen LogP contribution in [-0.2, 0) is 4.74 Å². The van der Waals surface area contributed by atoms with E-state index in [1.54, 1.807) is 0 Å². The van der Waals surface area contributed by atoms with E-state index in [0.29, 0.717) is 6.54 Å². The highest BCUT2D eigenvalue weighted by molar-refractivity contribution is 5.86. The lowest BCUT2D eigenvalue weighted by atomic mass is 10.0. The second-order valence-electron chi connectivity index (χ2n) is 3.84. The lowest BCUT2D eigenvalue weighted by Gasteiger charge is -2.11. The van der Waals surface area contributed by atoms with E-state index in [2.05, 4.69) is 23.5 Å². The van der Waals surface area contributed by atoms with Crippen LogP contribution >= 0.6 is 0 Å². The fourth-order valence-electron chi connectivity index (χ4n) is 2.09. The molecule has 0 saturated carbocycles. The summed E-state index contributed by atoms with van der Waals surface area (Å²) in [5.41, 5.74) is 1.07. The quantitative estimate of drug-likeness (QED) is 0.790. The molecule has 1 atom stereocenters. The van der Waals surface area contributed by atoms with Crippen LogP contribution in [0.2, 0.25) is 0 Å². The molecule has 16 heavy (non-hydrogen) atoms. The zero-order valence-corrected chi connectivity index (χ0v) is 8.64. The molecule has 3 nitrogen and oxygen atoms in total. The first-order valence-corrected chi connectivity index (χ1v) is 5.27. The van der Waals surface area contributed by atoms with Gasteiger partial charge in [0.15, 0.2) is 0 Å². The van der Waals surface area contributed by atoms with Gasteiger partial charge in [-0.2, -0.15) is 0 Å². The highest BCUT2D eigenvalue weighted by atomic mass is 16.6. The van der Waals surface area contributed by atoms with Gasteiger partial charge in [0.2, 0.25) is 0 Å². The van der Waals surface area contributed by atoms with Gasteiger partial charge < -0.3 is 10.1 Å². The number of carbonyl (C=O) groups excluding carboxylic acids is 1. The smallest absolute Gasteiger partial charge is 0.407 e. The summed E-state index contributed by atoms with van der Waals surface area (Å²) >= 11 is 0. The van der Waals surface area contributed by atoms with Crippen LogP contribution in [-0.4, -0.2) is 12.6 Å². The summed E-state index contributed by atoms with van der Waals surface area (Å²) in [4.78, 5) is 11.0. The highest BCUT2D eigenvalue weighted by Crippen LogP contribution is 2.28. The molecule has 2 aromatic rings. The molecule has 0 radical (unpaired) electrons. The Morgan fingerprint density at radius 2 is 1.94 bits per heavy atom. The Morgan fingerprint density at radius 3 is 2.75 bits per heavy atom. The molecule has 1 aliphatic heterocycles.